The van der Waals surface area contributed by atoms with Crippen LogP contribution in [-0.2, 0) is 19.0 Å². The van der Waals surface area contributed by atoms with Crippen molar-refractivity contribution in [2.75, 3.05) is 57.9 Å². The van der Waals surface area contributed by atoms with Gasteiger partial charge in [0.2, 0.25) is 5.91 Å². The molecule has 1 saturated heterocycles. The van der Waals surface area contributed by atoms with Gasteiger partial charge in [0.15, 0.2) is 0 Å². The van der Waals surface area contributed by atoms with Gasteiger partial charge in [0.05, 0.1) is 31.9 Å². The fraction of sp³-hybridized carbons (Fsp3) is 0.600. The second-order valence-corrected chi connectivity index (χ2v) is 7.73. The highest BCUT2D eigenvalue weighted by Crippen LogP contribution is 2.34. The van der Waals surface area contributed by atoms with Gasteiger partial charge in [0.25, 0.3) is 0 Å². The van der Waals surface area contributed by atoms with Crippen LogP contribution in [0.15, 0.2) is 0 Å². The normalized spacial score (nSPS) is 14.1. The van der Waals surface area contributed by atoms with Crippen LogP contribution in [0.5, 0.6) is 0 Å². The Balaban J connectivity index is 2.06. The highest BCUT2D eigenvalue weighted by molar-refractivity contribution is 7.18. The molecular weight excluding hydrogens is 426 g/mol. The lowest BCUT2D eigenvalue weighted by atomic mass is 10.1. The Bertz CT molecular complexity index is 816. The summed E-state index contributed by atoms with van der Waals surface area (Å²) >= 11 is 0.993. The van der Waals surface area contributed by atoms with E-state index in [4.69, 9.17) is 14.2 Å². The minimum atomic E-state index is -0.606. The molecule has 0 aliphatic carbocycles. The van der Waals surface area contributed by atoms with Crippen molar-refractivity contribution in [2.24, 2.45) is 0 Å². The SMILES string of the molecule is CCOC(=O)c1sc(NC(=O)CN2CCN(C(=O)OCC)CC2)c(C(=O)OCC)c1C. The Kier molecular flexibility index (Phi) is 9.25. The van der Waals surface area contributed by atoms with Gasteiger partial charge in [-0.15, -0.1) is 11.3 Å². The van der Waals surface area contributed by atoms with Crippen LogP contribution in [0.4, 0.5) is 9.80 Å². The molecule has 172 valence electrons. The van der Waals surface area contributed by atoms with Gasteiger partial charge >= 0.3 is 18.0 Å². The lowest BCUT2D eigenvalue weighted by Crippen LogP contribution is -2.50. The minimum Gasteiger partial charge on any atom is -0.462 e. The molecule has 31 heavy (non-hydrogen) atoms. The molecule has 0 unspecified atom stereocenters. The summed E-state index contributed by atoms with van der Waals surface area (Å²) in [6.45, 7) is 9.49. The van der Waals surface area contributed by atoms with Crippen LogP contribution in [0.25, 0.3) is 0 Å². The number of hydrogen-bond acceptors (Lipinski definition) is 9. The third kappa shape index (κ3) is 6.41. The van der Waals surface area contributed by atoms with Gasteiger partial charge in [0, 0.05) is 26.2 Å². The second-order valence-electron chi connectivity index (χ2n) is 6.71. The number of amides is 2. The van der Waals surface area contributed by atoms with E-state index in [1.54, 1.807) is 32.6 Å². The van der Waals surface area contributed by atoms with Gasteiger partial charge < -0.3 is 24.4 Å². The fourth-order valence-corrected chi connectivity index (χ4v) is 4.22. The zero-order valence-electron chi connectivity index (χ0n) is 18.3. The van der Waals surface area contributed by atoms with E-state index < -0.39 is 11.9 Å². The quantitative estimate of drug-likeness (QED) is 0.468. The van der Waals surface area contributed by atoms with Gasteiger partial charge in [-0.1, -0.05) is 0 Å². The van der Waals surface area contributed by atoms with Crippen molar-refractivity contribution < 1.29 is 33.4 Å². The summed E-state index contributed by atoms with van der Waals surface area (Å²) < 4.78 is 15.1. The van der Waals surface area contributed by atoms with Crippen LogP contribution < -0.4 is 5.32 Å². The van der Waals surface area contributed by atoms with Crippen LogP contribution in [0, 0.1) is 6.92 Å². The van der Waals surface area contributed by atoms with Crippen LogP contribution >= 0.6 is 11.3 Å². The molecule has 2 rings (SSSR count). The molecule has 0 saturated carbocycles. The zero-order valence-corrected chi connectivity index (χ0v) is 19.1. The summed E-state index contributed by atoms with van der Waals surface area (Å²) in [6, 6.07) is 0. The molecule has 10 nitrogen and oxygen atoms in total. The molecular formula is C20H29N3O7S. The molecule has 0 spiro atoms. The summed E-state index contributed by atoms with van der Waals surface area (Å²) in [4.78, 5) is 52.8. The fourth-order valence-electron chi connectivity index (χ4n) is 3.11. The maximum absolute atomic E-state index is 12.6. The number of piperazine rings is 1. The maximum Gasteiger partial charge on any atom is 0.409 e. The number of hydrogen-bond donors (Lipinski definition) is 1. The van der Waals surface area contributed by atoms with Crippen molar-refractivity contribution in [1.29, 1.82) is 0 Å². The Labute approximate surface area is 185 Å². The summed E-state index contributed by atoms with van der Waals surface area (Å²) in [5.74, 6) is -1.48. The second kappa shape index (κ2) is 11.7. The number of esters is 2. The smallest absolute Gasteiger partial charge is 0.409 e. The number of nitrogens with one attached hydrogen (secondary N) is 1. The number of nitrogens with zero attached hydrogens (tertiary/aromatic N) is 2. The molecule has 0 bridgehead atoms. The summed E-state index contributed by atoms with van der Waals surface area (Å²) in [5, 5.41) is 2.99. The van der Waals surface area contributed by atoms with Crippen molar-refractivity contribution in [1.82, 2.24) is 9.80 Å². The first-order valence-electron chi connectivity index (χ1n) is 10.2. The average Bonchev–Trinajstić information content (AvgIpc) is 3.04. The first-order valence-corrected chi connectivity index (χ1v) is 11.0. The lowest BCUT2D eigenvalue weighted by molar-refractivity contribution is -0.117. The third-order valence-electron chi connectivity index (χ3n) is 4.61. The van der Waals surface area contributed by atoms with Gasteiger partial charge in [-0.3, -0.25) is 9.69 Å². The number of thiophene rings is 1. The Morgan fingerprint density at radius 3 is 2.06 bits per heavy atom. The molecule has 1 aliphatic heterocycles. The van der Waals surface area contributed by atoms with Gasteiger partial charge in [-0.2, -0.15) is 0 Å². The van der Waals surface area contributed by atoms with Crippen LogP contribution in [-0.4, -0.2) is 86.3 Å². The largest absolute Gasteiger partial charge is 0.462 e. The predicted octanol–water partition coefficient (Wildman–Crippen LogP) is 2.12. The van der Waals surface area contributed by atoms with E-state index in [2.05, 4.69) is 5.32 Å². The molecule has 2 heterocycles. The van der Waals surface area contributed by atoms with Gasteiger partial charge in [-0.25, -0.2) is 14.4 Å². The van der Waals surface area contributed by atoms with Crippen molar-refractivity contribution in [3.63, 3.8) is 0 Å². The van der Waals surface area contributed by atoms with Gasteiger partial charge in [0.1, 0.15) is 9.88 Å². The molecule has 1 N–H and O–H groups in total. The van der Waals surface area contributed by atoms with Crippen molar-refractivity contribution >= 4 is 40.3 Å². The van der Waals surface area contributed by atoms with Crippen LogP contribution in [0.3, 0.4) is 0 Å². The standard InChI is InChI=1S/C20H29N3O7S/c1-5-28-18(25)15-13(4)16(19(26)29-6-2)31-17(15)21-14(24)12-22-8-10-23(11-9-22)20(27)30-7-3/h5-12H2,1-4H3,(H,21,24). The van der Waals surface area contributed by atoms with Crippen molar-refractivity contribution in [3.05, 3.63) is 16.0 Å². The summed E-state index contributed by atoms with van der Waals surface area (Å²) in [5.41, 5.74) is 0.579. The minimum absolute atomic E-state index is 0.0879. The Hall–Kier alpha value is -2.66. The number of ether oxygens (including phenoxy) is 3. The Morgan fingerprint density at radius 2 is 1.48 bits per heavy atom. The van der Waals surface area contributed by atoms with E-state index in [-0.39, 0.29) is 47.2 Å². The average molecular weight is 456 g/mol. The molecule has 11 heteroatoms. The number of carbonyl (C=O) groups is 4. The van der Waals surface area contributed by atoms with Crippen LogP contribution in [0.1, 0.15) is 46.4 Å². The Morgan fingerprint density at radius 1 is 0.903 bits per heavy atom. The number of carbonyl (C=O) groups excluding carboxylic acids is 4. The molecule has 0 aromatic carbocycles. The zero-order chi connectivity index (χ0) is 23.0. The van der Waals surface area contributed by atoms with Crippen molar-refractivity contribution in [2.45, 2.75) is 27.7 Å². The molecule has 1 aromatic rings. The topological polar surface area (TPSA) is 114 Å². The first-order chi connectivity index (χ1) is 14.8. The van der Waals surface area contributed by atoms with E-state index in [9.17, 15) is 19.2 Å². The predicted molar refractivity (Wildman–Crippen MR) is 115 cm³/mol. The number of anilines is 1. The molecule has 0 atom stereocenters. The molecule has 0 radical (unpaired) electrons. The lowest BCUT2D eigenvalue weighted by Gasteiger charge is -2.33. The molecule has 1 aliphatic rings. The van der Waals surface area contributed by atoms with Crippen molar-refractivity contribution in [3.8, 4) is 0 Å². The first kappa shape index (κ1) is 24.6. The van der Waals surface area contributed by atoms with E-state index in [1.165, 1.54) is 0 Å². The summed E-state index contributed by atoms with van der Waals surface area (Å²) in [6.07, 6.45) is -0.355. The van der Waals surface area contributed by atoms with E-state index in [0.717, 1.165) is 11.3 Å². The van der Waals surface area contributed by atoms with Gasteiger partial charge in [-0.05, 0) is 33.3 Å². The highest BCUT2D eigenvalue weighted by Gasteiger charge is 2.28. The van der Waals surface area contributed by atoms with E-state index in [0.29, 0.717) is 38.3 Å². The highest BCUT2D eigenvalue weighted by atomic mass is 32.1. The summed E-state index contributed by atoms with van der Waals surface area (Å²) in [7, 11) is 0. The third-order valence-corrected chi connectivity index (χ3v) is 5.79. The number of rotatable bonds is 8. The maximum atomic E-state index is 12.6. The van der Waals surface area contributed by atoms with E-state index in [1.807, 2.05) is 4.90 Å². The molecule has 1 fully saturated rings. The van der Waals surface area contributed by atoms with E-state index >= 15 is 0 Å². The monoisotopic (exact) mass is 455 g/mol. The molecule has 1 aromatic heterocycles. The van der Waals surface area contributed by atoms with Crippen LogP contribution in [0.2, 0.25) is 0 Å². The molecule has 2 amide bonds.